The zero-order valence-electron chi connectivity index (χ0n) is 21.6. The molecule has 3 aromatic rings. The van der Waals surface area contributed by atoms with E-state index in [1.165, 1.54) is 37.4 Å². The molecule has 10 nitrogen and oxygen atoms in total. The monoisotopic (exact) mass is 556 g/mol. The average molecular weight is 557 g/mol. The Balaban J connectivity index is 1.53. The van der Waals surface area contributed by atoms with Crippen molar-refractivity contribution < 1.29 is 31.9 Å². The number of carbonyl (C=O) groups excluding carboxylic acids is 2. The van der Waals surface area contributed by atoms with E-state index >= 15 is 0 Å². The Kier molecular flexibility index (Phi) is 9.98. The van der Waals surface area contributed by atoms with Crippen LogP contribution >= 0.6 is 0 Å². The molecule has 1 atom stereocenters. The normalized spacial score (nSPS) is 12.0. The number of nitrogens with one attached hydrogen (secondary N) is 2. The lowest BCUT2D eigenvalue weighted by Gasteiger charge is -2.27. The molecule has 0 fully saturated rings. The molecule has 0 aliphatic heterocycles. The van der Waals surface area contributed by atoms with Gasteiger partial charge in [0.2, 0.25) is 10.0 Å². The fourth-order valence-electron chi connectivity index (χ4n) is 3.46. The molecular formula is C27H29FN4O6S. The number of hydrogen-bond acceptors (Lipinski definition) is 7. The summed E-state index contributed by atoms with van der Waals surface area (Å²) in [6.45, 7) is 3.52. The third kappa shape index (κ3) is 8.82. The maximum Gasteiger partial charge on any atom is 0.263 e. The minimum Gasteiger partial charge on any atom is -0.494 e. The standard InChI is InChI=1S/C27H29FN4O6S/c1-4-37-24-15-11-23(12-16-24)32(39(3,35)36)19(2)27(34)31-29-17-20-5-13-25(14-6-20)38-18-26(33)30-22-9-7-21(28)8-10-22/h5-17,19H,4,18H2,1-3H3,(H,30,33)(H,31,34)/b29-17-/t19-/m0/s1. The zero-order valence-corrected chi connectivity index (χ0v) is 22.4. The Hall–Kier alpha value is -4.45. The molecule has 0 spiro atoms. The highest BCUT2D eigenvalue weighted by molar-refractivity contribution is 7.92. The first-order valence-electron chi connectivity index (χ1n) is 11.9. The van der Waals surface area contributed by atoms with Gasteiger partial charge in [-0.25, -0.2) is 18.2 Å². The summed E-state index contributed by atoms with van der Waals surface area (Å²) >= 11 is 0. The number of benzene rings is 3. The van der Waals surface area contributed by atoms with E-state index in [9.17, 15) is 22.4 Å². The molecular weight excluding hydrogens is 527 g/mol. The third-order valence-corrected chi connectivity index (χ3v) is 6.50. The van der Waals surface area contributed by atoms with Gasteiger partial charge in [0.1, 0.15) is 23.4 Å². The van der Waals surface area contributed by atoms with E-state index < -0.39 is 33.7 Å². The minimum absolute atomic E-state index is 0.246. The minimum atomic E-state index is -3.78. The predicted octanol–water partition coefficient (Wildman–Crippen LogP) is 3.55. The van der Waals surface area contributed by atoms with E-state index in [-0.39, 0.29) is 6.61 Å². The summed E-state index contributed by atoms with van der Waals surface area (Å²) in [7, 11) is -3.78. The van der Waals surface area contributed by atoms with Crippen molar-refractivity contribution in [1.29, 1.82) is 0 Å². The number of ether oxygens (including phenoxy) is 2. The summed E-state index contributed by atoms with van der Waals surface area (Å²) in [5.41, 5.74) is 3.75. The van der Waals surface area contributed by atoms with Gasteiger partial charge in [0.05, 0.1) is 24.8 Å². The van der Waals surface area contributed by atoms with Gasteiger partial charge in [-0.1, -0.05) is 0 Å². The van der Waals surface area contributed by atoms with Crippen molar-refractivity contribution in [2.75, 3.05) is 29.1 Å². The fourth-order valence-corrected chi connectivity index (χ4v) is 4.63. The molecule has 2 amide bonds. The van der Waals surface area contributed by atoms with Gasteiger partial charge in [0, 0.05) is 5.69 Å². The van der Waals surface area contributed by atoms with Gasteiger partial charge in [-0.05, 0) is 92.2 Å². The number of halogens is 1. The SMILES string of the molecule is CCOc1ccc(N([C@@H](C)C(=O)N/N=C\c2ccc(OCC(=O)Nc3ccc(F)cc3)cc2)S(C)(=O)=O)cc1. The van der Waals surface area contributed by atoms with Gasteiger partial charge in [-0.3, -0.25) is 13.9 Å². The molecule has 3 rings (SSSR count). The molecule has 0 aromatic heterocycles. The van der Waals surface area contributed by atoms with Crippen LogP contribution in [0.3, 0.4) is 0 Å². The molecule has 0 heterocycles. The number of hydrogen-bond donors (Lipinski definition) is 2. The first kappa shape index (κ1) is 29.1. The molecule has 0 aliphatic carbocycles. The lowest BCUT2D eigenvalue weighted by atomic mass is 10.2. The number of carbonyl (C=O) groups is 2. The van der Waals surface area contributed by atoms with Crippen molar-refractivity contribution in [3.05, 3.63) is 84.2 Å². The molecule has 0 bridgehead atoms. The summed E-state index contributed by atoms with van der Waals surface area (Å²) in [6.07, 6.45) is 2.41. The summed E-state index contributed by atoms with van der Waals surface area (Å²) < 4.78 is 49.7. The number of rotatable bonds is 12. The summed E-state index contributed by atoms with van der Waals surface area (Å²) in [5.74, 6) is -0.420. The molecule has 3 aromatic carbocycles. The predicted molar refractivity (Wildman–Crippen MR) is 147 cm³/mol. The Labute approximate surface area is 226 Å². The lowest BCUT2D eigenvalue weighted by molar-refractivity contribution is -0.121. The van der Waals surface area contributed by atoms with Crippen LogP contribution in [0.15, 0.2) is 77.9 Å². The molecule has 0 saturated carbocycles. The summed E-state index contributed by atoms with van der Waals surface area (Å²) in [4.78, 5) is 24.7. The average Bonchev–Trinajstić information content (AvgIpc) is 2.90. The van der Waals surface area contributed by atoms with Crippen molar-refractivity contribution >= 4 is 39.4 Å². The first-order valence-corrected chi connectivity index (χ1v) is 13.7. The van der Waals surface area contributed by atoms with E-state index in [0.717, 1.165) is 10.6 Å². The largest absolute Gasteiger partial charge is 0.494 e. The highest BCUT2D eigenvalue weighted by Gasteiger charge is 2.29. The molecule has 206 valence electrons. The maximum atomic E-state index is 13.0. The third-order valence-electron chi connectivity index (χ3n) is 5.26. The van der Waals surface area contributed by atoms with Crippen LogP contribution < -0.4 is 24.5 Å². The molecule has 2 N–H and O–H groups in total. The van der Waals surface area contributed by atoms with E-state index in [2.05, 4.69) is 15.8 Å². The van der Waals surface area contributed by atoms with Crippen LogP contribution in [0.5, 0.6) is 11.5 Å². The Morgan fingerprint density at radius 1 is 0.974 bits per heavy atom. The van der Waals surface area contributed by atoms with Crippen LogP contribution in [-0.2, 0) is 19.6 Å². The van der Waals surface area contributed by atoms with Crippen molar-refractivity contribution in [2.45, 2.75) is 19.9 Å². The van der Waals surface area contributed by atoms with Gasteiger partial charge >= 0.3 is 0 Å². The van der Waals surface area contributed by atoms with Crippen molar-refractivity contribution in [1.82, 2.24) is 5.43 Å². The van der Waals surface area contributed by atoms with Crippen LogP contribution in [0.4, 0.5) is 15.8 Å². The first-order chi connectivity index (χ1) is 18.6. The van der Waals surface area contributed by atoms with Crippen LogP contribution in [0.25, 0.3) is 0 Å². The van der Waals surface area contributed by atoms with Gasteiger partial charge in [-0.15, -0.1) is 0 Å². The molecule has 0 aliphatic rings. The van der Waals surface area contributed by atoms with E-state index in [1.54, 1.807) is 48.5 Å². The molecule has 39 heavy (non-hydrogen) atoms. The molecule has 0 radical (unpaired) electrons. The second-order valence-corrected chi connectivity index (χ2v) is 10.2. The van der Waals surface area contributed by atoms with E-state index in [4.69, 9.17) is 9.47 Å². The Bertz CT molecular complexity index is 1400. The van der Waals surface area contributed by atoms with Crippen molar-refractivity contribution in [3.8, 4) is 11.5 Å². The second-order valence-electron chi connectivity index (χ2n) is 8.31. The van der Waals surface area contributed by atoms with E-state index in [1.807, 2.05) is 6.92 Å². The van der Waals surface area contributed by atoms with Gasteiger partial charge in [0.15, 0.2) is 6.61 Å². The summed E-state index contributed by atoms with van der Waals surface area (Å²) in [6, 6.07) is 17.2. The molecule has 0 unspecified atom stereocenters. The van der Waals surface area contributed by atoms with Gasteiger partial charge < -0.3 is 14.8 Å². The smallest absolute Gasteiger partial charge is 0.263 e. The van der Waals surface area contributed by atoms with Crippen molar-refractivity contribution in [2.24, 2.45) is 5.10 Å². The Morgan fingerprint density at radius 2 is 1.56 bits per heavy atom. The zero-order chi connectivity index (χ0) is 28.4. The van der Waals surface area contributed by atoms with Crippen LogP contribution in [0.1, 0.15) is 19.4 Å². The second kappa shape index (κ2) is 13.4. The van der Waals surface area contributed by atoms with Crippen molar-refractivity contribution in [3.63, 3.8) is 0 Å². The lowest BCUT2D eigenvalue weighted by Crippen LogP contribution is -2.46. The van der Waals surface area contributed by atoms with Crippen LogP contribution in [-0.4, -0.2) is 52.0 Å². The number of nitrogens with zero attached hydrogens (tertiary/aromatic N) is 2. The highest BCUT2D eigenvalue weighted by atomic mass is 32.2. The van der Waals surface area contributed by atoms with Gasteiger partial charge in [0.25, 0.3) is 11.8 Å². The fraction of sp³-hybridized carbons (Fsp3) is 0.222. The Morgan fingerprint density at radius 3 is 2.15 bits per heavy atom. The molecule has 12 heteroatoms. The molecule has 0 saturated heterocycles. The topological polar surface area (TPSA) is 126 Å². The number of amides is 2. The van der Waals surface area contributed by atoms with Crippen LogP contribution in [0, 0.1) is 5.82 Å². The number of sulfonamides is 1. The quantitative estimate of drug-likeness (QED) is 0.260. The van der Waals surface area contributed by atoms with Crippen LogP contribution in [0.2, 0.25) is 0 Å². The highest BCUT2D eigenvalue weighted by Crippen LogP contribution is 2.24. The summed E-state index contributed by atoms with van der Waals surface area (Å²) in [5, 5.41) is 6.51. The van der Waals surface area contributed by atoms with E-state index in [0.29, 0.717) is 35.0 Å². The van der Waals surface area contributed by atoms with Gasteiger partial charge in [-0.2, -0.15) is 5.10 Å². The number of hydrazone groups is 1. The number of anilines is 2. The maximum absolute atomic E-state index is 13.0.